The second kappa shape index (κ2) is 14.5. The number of unbranched alkanes of at least 4 members (excludes halogenated alkanes) is 5. The third-order valence-corrected chi connectivity index (χ3v) is 8.37. The molecule has 210 valence electrons. The van der Waals surface area contributed by atoms with Gasteiger partial charge in [0.2, 0.25) is 0 Å². The van der Waals surface area contributed by atoms with E-state index in [1.54, 1.807) is 14.2 Å². The minimum Gasteiger partial charge on any atom is -0.493 e. The minimum absolute atomic E-state index is 0.00305. The number of piperazine rings is 1. The lowest BCUT2D eigenvalue weighted by molar-refractivity contribution is -0.00541. The first-order chi connectivity index (χ1) is 19.1. The van der Waals surface area contributed by atoms with Gasteiger partial charge >= 0.3 is 0 Å². The summed E-state index contributed by atoms with van der Waals surface area (Å²) < 4.78 is 11.2. The largest absolute Gasteiger partial charge is 0.493 e. The Kier molecular flexibility index (Phi) is 10.9. The Morgan fingerprint density at radius 2 is 1.36 bits per heavy atom. The molecule has 4 heteroatoms. The van der Waals surface area contributed by atoms with Crippen LogP contribution in [0.3, 0.4) is 0 Å². The molecule has 1 aliphatic heterocycles. The van der Waals surface area contributed by atoms with Crippen molar-refractivity contribution >= 4 is 0 Å². The molecule has 1 heterocycles. The number of benzene rings is 3. The van der Waals surface area contributed by atoms with Crippen LogP contribution in [-0.2, 0) is 6.42 Å². The first-order valence-electron chi connectivity index (χ1n) is 14.9. The molecule has 0 radical (unpaired) electrons. The molecule has 1 atom stereocenters. The Labute approximate surface area is 236 Å². The topological polar surface area (TPSA) is 24.9 Å². The zero-order valence-electron chi connectivity index (χ0n) is 24.6. The van der Waals surface area contributed by atoms with Crippen LogP contribution >= 0.6 is 0 Å². The van der Waals surface area contributed by atoms with Gasteiger partial charge in [0.25, 0.3) is 0 Å². The monoisotopic (exact) mass is 528 g/mol. The average Bonchev–Trinajstić information content (AvgIpc) is 2.97. The first kappa shape index (κ1) is 29.2. The van der Waals surface area contributed by atoms with Crippen LogP contribution in [0.1, 0.15) is 75.1 Å². The molecule has 0 amide bonds. The van der Waals surface area contributed by atoms with E-state index >= 15 is 0 Å². The molecule has 4 rings (SSSR count). The lowest BCUT2D eigenvalue weighted by atomic mass is 9.85. The van der Waals surface area contributed by atoms with E-state index in [-0.39, 0.29) is 11.6 Å². The highest BCUT2D eigenvalue weighted by Gasteiger charge is 2.40. The third-order valence-electron chi connectivity index (χ3n) is 8.37. The van der Waals surface area contributed by atoms with Crippen molar-refractivity contribution in [1.29, 1.82) is 0 Å². The molecule has 3 aromatic rings. The van der Waals surface area contributed by atoms with Crippen molar-refractivity contribution in [3.63, 3.8) is 0 Å². The predicted octanol–water partition coefficient (Wildman–Crippen LogP) is 7.77. The second-order valence-electron chi connectivity index (χ2n) is 11.3. The molecule has 3 aromatic carbocycles. The maximum atomic E-state index is 5.66. The molecule has 0 aliphatic carbocycles. The maximum absolute atomic E-state index is 5.66. The molecular weight excluding hydrogens is 480 g/mol. The molecule has 1 aliphatic rings. The van der Waals surface area contributed by atoms with Gasteiger partial charge in [0.1, 0.15) is 0 Å². The number of hydrogen-bond acceptors (Lipinski definition) is 4. The Morgan fingerprint density at radius 1 is 0.744 bits per heavy atom. The van der Waals surface area contributed by atoms with E-state index in [1.807, 2.05) is 6.07 Å². The fourth-order valence-corrected chi connectivity index (χ4v) is 6.30. The molecular formula is C35H48N2O2. The van der Waals surface area contributed by atoms with E-state index in [9.17, 15) is 0 Å². The van der Waals surface area contributed by atoms with Crippen LogP contribution in [0.25, 0.3) is 0 Å². The van der Waals surface area contributed by atoms with Crippen LogP contribution < -0.4 is 9.47 Å². The highest BCUT2D eigenvalue weighted by atomic mass is 16.5. The molecule has 1 saturated heterocycles. The lowest BCUT2D eigenvalue weighted by Crippen LogP contribution is -2.62. The molecule has 0 bridgehead atoms. The molecule has 0 saturated carbocycles. The van der Waals surface area contributed by atoms with Gasteiger partial charge in [0, 0.05) is 25.2 Å². The summed E-state index contributed by atoms with van der Waals surface area (Å²) in [6, 6.07) is 28.7. The van der Waals surface area contributed by atoms with Gasteiger partial charge in [-0.2, -0.15) is 0 Å². The molecule has 0 N–H and O–H groups in total. The molecule has 39 heavy (non-hydrogen) atoms. The summed E-state index contributed by atoms with van der Waals surface area (Å²) in [5, 5.41) is 0. The van der Waals surface area contributed by atoms with Gasteiger partial charge in [-0.3, -0.25) is 9.80 Å². The van der Waals surface area contributed by atoms with E-state index in [0.29, 0.717) is 0 Å². The summed E-state index contributed by atoms with van der Waals surface area (Å²) >= 11 is 0. The molecule has 4 nitrogen and oxygen atoms in total. The van der Waals surface area contributed by atoms with Crippen molar-refractivity contribution in [1.82, 2.24) is 9.80 Å². The zero-order valence-corrected chi connectivity index (χ0v) is 24.6. The zero-order chi connectivity index (χ0) is 27.5. The summed E-state index contributed by atoms with van der Waals surface area (Å²) in [6.07, 6.45) is 8.93. The fourth-order valence-electron chi connectivity index (χ4n) is 6.30. The summed E-state index contributed by atoms with van der Waals surface area (Å²) in [5.74, 6) is 1.59. The standard InChI is InChI=1S/C35H48N2O2/c1-5-6-7-8-9-16-23-37-25-24-36(34(30-17-12-10-13-18-30)31-19-14-11-15-20-31)28-35(37,2)27-29-21-22-32(38-3)33(26-29)39-4/h10-15,17-22,26,34H,5-9,16,23-25,27-28H2,1-4H3. The molecule has 0 spiro atoms. The second-order valence-corrected chi connectivity index (χ2v) is 11.3. The third kappa shape index (κ3) is 7.64. The number of rotatable bonds is 14. The lowest BCUT2D eigenvalue weighted by Gasteiger charge is -2.51. The Morgan fingerprint density at radius 3 is 1.97 bits per heavy atom. The van der Waals surface area contributed by atoms with Crippen LogP contribution in [0.2, 0.25) is 0 Å². The van der Waals surface area contributed by atoms with Crippen molar-refractivity contribution in [2.24, 2.45) is 0 Å². The van der Waals surface area contributed by atoms with Crippen LogP contribution in [0.5, 0.6) is 11.5 Å². The van der Waals surface area contributed by atoms with Gasteiger partial charge in [-0.05, 0) is 55.1 Å². The Hall–Kier alpha value is -2.82. The van der Waals surface area contributed by atoms with Crippen molar-refractivity contribution in [2.75, 3.05) is 40.4 Å². The van der Waals surface area contributed by atoms with Gasteiger partial charge in [-0.15, -0.1) is 0 Å². The van der Waals surface area contributed by atoms with Crippen molar-refractivity contribution in [3.8, 4) is 11.5 Å². The normalized spacial score (nSPS) is 18.4. The van der Waals surface area contributed by atoms with Gasteiger partial charge in [-0.25, -0.2) is 0 Å². The summed E-state index contributed by atoms with van der Waals surface area (Å²) in [6.45, 7) is 9.06. The van der Waals surface area contributed by atoms with Gasteiger partial charge in [0.05, 0.1) is 20.3 Å². The number of nitrogens with zero attached hydrogens (tertiary/aromatic N) is 2. The first-order valence-corrected chi connectivity index (χ1v) is 14.9. The van der Waals surface area contributed by atoms with Crippen molar-refractivity contribution in [2.45, 2.75) is 70.4 Å². The number of ether oxygens (including phenoxy) is 2. The quantitative estimate of drug-likeness (QED) is 0.200. The fraction of sp³-hybridized carbons (Fsp3) is 0.486. The molecule has 1 unspecified atom stereocenters. The van der Waals surface area contributed by atoms with Crippen LogP contribution in [0.4, 0.5) is 0 Å². The maximum Gasteiger partial charge on any atom is 0.160 e. The van der Waals surface area contributed by atoms with Crippen molar-refractivity contribution < 1.29 is 9.47 Å². The van der Waals surface area contributed by atoms with Crippen LogP contribution in [0, 0.1) is 0 Å². The van der Waals surface area contributed by atoms with E-state index in [2.05, 4.69) is 96.4 Å². The van der Waals surface area contributed by atoms with Gasteiger partial charge in [-0.1, -0.05) is 106 Å². The van der Waals surface area contributed by atoms with Crippen molar-refractivity contribution in [3.05, 3.63) is 95.6 Å². The SMILES string of the molecule is CCCCCCCCN1CCN(C(c2ccccc2)c2ccccc2)CC1(C)Cc1ccc(OC)c(OC)c1. The number of methoxy groups -OCH3 is 2. The Balaban J connectivity index is 1.60. The average molecular weight is 529 g/mol. The van der Waals surface area contributed by atoms with Crippen LogP contribution in [-0.4, -0.2) is 55.7 Å². The van der Waals surface area contributed by atoms with Gasteiger partial charge in [0.15, 0.2) is 11.5 Å². The predicted molar refractivity (Wildman–Crippen MR) is 163 cm³/mol. The summed E-state index contributed by atoms with van der Waals surface area (Å²) in [5.41, 5.74) is 4.02. The molecule has 0 aromatic heterocycles. The highest BCUT2D eigenvalue weighted by molar-refractivity contribution is 5.43. The van der Waals surface area contributed by atoms with E-state index in [1.165, 1.54) is 55.2 Å². The van der Waals surface area contributed by atoms with Gasteiger partial charge < -0.3 is 9.47 Å². The van der Waals surface area contributed by atoms with E-state index < -0.39 is 0 Å². The van der Waals surface area contributed by atoms with Crippen LogP contribution in [0.15, 0.2) is 78.9 Å². The van der Waals surface area contributed by atoms with E-state index in [4.69, 9.17) is 9.47 Å². The Bertz CT molecular complexity index is 1080. The molecule has 1 fully saturated rings. The summed E-state index contributed by atoms with van der Waals surface area (Å²) in [4.78, 5) is 5.48. The summed E-state index contributed by atoms with van der Waals surface area (Å²) in [7, 11) is 3.42. The minimum atomic E-state index is 0.00305. The smallest absolute Gasteiger partial charge is 0.160 e. The number of hydrogen-bond donors (Lipinski definition) is 0. The van der Waals surface area contributed by atoms with E-state index in [0.717, 1.165) is 44.1 Å². The highest BCUT2D eigenvalue weighted by Crippen LogP contribution is 2.36.